The molecule has 1 fully saturated rings. The Morgan fingerprint density at radius 3 is 2.84 bits per heavy atom. The van der Waals surface area contributed by atoms with Gasteiger partial charge < -0.3 is 15.0 Å². The number of para-hydroxylation sites is 1. The normalized spacial score (nSPS) is 16.8. The first-order chi connectivity index (χ1) is 12.1. The van der Waals surface area contributed by atoms with Crippen molar-refractivity contribution in [2.75, 3.05) is 18.1 Å². The molecule has 0 aromatic heterocycles. The summed E-state index contributed by atoms with van der Waals surface area (Å²) in [5.74, 6) is -0.325. The maximum Gasteiger partial charge on any atom is 0.255 e. The number of carbonyl (C=O) groups is 2. The molecule has 0 radical (unpaired) electrons. The number of hydrogen-bond donors (Lipinski definition) is 1. The van der Waals surface area contributed by atoms with E-state index in [-0.39, 0.29) is 24.3 Å². The van der Waals surface area contributed by atoms with Crippen LogP contribution in [0.15, 0.2) is 48.5 Å². The topological polar surface area (TPSA) is 58.6 Å². The first-order valence-electron chi connectivity index (χ1n) is 8.17. The van der Waals surface area contributed by atoms with Gasteiger partial charge in [0.05, 0.1) is 18.2 Å². The summed E-state index contributed by atoms with van der Waals surface area (Å²) >= 11 is 0. The Bertz CT molecular complexity index is 794. The van der Waals surface area contributed by atoms with Crippen LogP contribution in [-0.2, 0) is 4.79 Å². The molecule has 2 aromatic carbocycles. The van der Waals surface area contributed by atoms with Crippen LogP contribution in [-0.4, -0.2) is 31.0 Å². The number of carbonyl (C=O) groups excluding carboxylic acids is 2. The molecule has 0 bridgehead atoms. The van der Waals surface area contributed by atoms with E-state index in [0.717, 1.165) is 0 Å². The van der Waals surface area contributed by atoms with E-state index in [0.29, 0.717) is 30.2 Å². The van der Waals surface area contributed by atoms with Crippen LogP contribution in [0, 0.1) is 5.82 Å². The van der Waals surface area contributed by atoms with Crippen LogP contribution in [0.4, 0.5) is 10.1 Å². The minimum atomic E-state index is -0.400. The Hall–Kier alpha value is -2.89. The summed E-state index contributed by atoms with van der Waals surface area (Å²) in [7, 11) is 0. The third kappa shape index (κ3) is 3.79. The summed E-state index contributed by atoms with van der Waals surface area (Å²) in [4.78, 5) is 26.2. The lowest BCUT2D eigenvalue weighted by Gasteiger charge is -2.18. The van der Waals surface area contributed by atoms with Gasteiger partial charge in [-0.2, -0.15) is 0 Å². The van der Waals surface area contributed by atoms with Gasteiger partial charge in [0.15, 0.2) is 0 Å². The molecule has 1 N–H and O–H groups in total. The smallest absolute Gasteiger partial charge is 0.255 e. The monoisotopic (exact) mass is 342 g/mol. The molecule has 1 atom stereocenters. The molecule has 0 saturated carbocycles. The number of benzene rings is 2. The SMILES string of the molecule is CCOc1ccccc1C(=O)N[C@@H]1CC(=O)N(c2cccc(F)c2)C1. The van der Waals surface area contributed by atoms with Crippen molar-refractivity contribution < 1.29 is 18.7 Å². The molecular formula is C19H19FN2O3. The number of anilines is 1. The largest absolute Gasteiger partial charge is 0.493 e. The van der Waals surface area contributed by atoms with E-state index in [4.69, 9.17) is 4.74 Å². The third-order valence-electron chi connectivity index (χ3n) is 4.01. The molecule has 1 aliphatic rings. The highest BCUT2D eigenvalue weighted by Gasteiger charge is 2.32. The summed E-state index contributed by atoms with van der Waals surface area (Å²) < 4.78 is 18.8. The molecule has 130 valence electrons. The number of nitrogens with zero attached hydrogens (tertiary/aromatic N) is 1. The van der Waals surface area contributed by atoms with Gasteiger partial charge >= 0.3 is 0 Å². The molecule has 0 unspecified atom stereocenters. The second-order valence-electron chi connectivity index (χ2n) is 5.79. The Morgan fingerprint density at radius 1 is 1.28 bits per heavy atom. The van der Waals surface area contributed by atoms with Gasteiger partial charge in [-0.3, -0.25) is 9.59 Å². The predicted octanol–water partition coefficient (Wildman–Crippen LogP) is 2.76. The molecule has 5 nitrogen and oxygen atoms in total. The summed E-state index contributed by atoms with van der Waals surface area (Å²) in [6.07, 6.45) is 0.180. The molecule has 1 saturated heterocycles. The van der Waals surface area contributed by atoms with Crippen molar-refractivity contribution in [1.29, 1.82) is 0 Å². The van der Waals surface area contributed by atoms with Crippen LogP contribution < -0.4 is 15.0 Å². The molecule has 1 heterocycles. The minimum Gasteiger partial charge on any atom is -0.493 e. The molecule has 2 aromatic rings. The Balaban J connectivity index is 1.70. The van der Waals surface area contributed by atoms with Crippen LogP contribution in [0.5, 0.6) is 5.75 Å². The third-order valence-corrected chi connectivity index (χ3v) is 4.01. The highest BCUT2D eigenvalue weighted by Crippen LogP contribution is 2.23. The van der Waals surface area contributed by atoms with Gasteiger partial charge in [0.25, 0.3) is 5.91 Å². The van der Waals surface area contributed by atoms with Gasteiger partial charge in [0.2, 0.25) is 5.91 Å². The maximum absolute atomic E-state index is 13.4. The molecule has 2 amide bonds. The standard InChI is InChI=1S/C19H19FN2O3/c1-2-25-17-9-4-3-8-16(17)19(24)21-14-11-18(23)22(12-14)15-7-5-6-13(20)10-15/h3-10,14H,2,11-12H2,1H3,(H,21,24)/t14-/m1/s1. The van der Waals surface area contributed by atoms with Crippen molar-refractivity contribution in [3.8, 4) is 5.75 Å². The van der Waals surface area contributed by atoms with E-state index < -0.39 is 5.82 Å². The number of ether oxygens (including phenoxy) is 1. The first kappa shape index (κ1) is 17.0. The van der Waals surface area contributed by atoms with Crippen LogP contribution in [0.25, 0.3) is 0 Å². The number of amides is 2. The zero-order valence-electron chi connectivity index (χ0n) is 13.9. The van der Waals surface area contributed by atoms with E-state index in [1.807, 2.05) is 6.92 Å². The van der Waals surface area contributed by atoms with E-state index >= 15 is 0 Å². The average Bonchev–Trinajstić information content (AvgIpc) is 2.96. The van der Waals surface area contributed by atoms with Crippen LogP contribution in [0.2, 0.25) is 0 Å². The average molecular weight is 342 g/mol. The fourth-order valence-corrected chi connectivity index (χ4v) is 2.90. The van der Waals surface area contributed by atoms with Gasteiger partial charge in [0, 0.05) is 18.7 Å². The van der Waals surface area contributed by atoms with E-state index in [1.54, 1.807) is 36.4 Å². The lowest BCUT2D eigenvalue weighted by atomic mass is 10.1. The van der Waals surface area contributed by atoms with Crippen molar-refractivity contribution in [2.24, 2.45) is 0 Å². The van der Waals surface area contributed by atoms with E-state index in [1.165, 1.54) is 17.0 Å². The minimum absolute atomic E-state index is 0.144. The van der Waals surface area contributed by atoms with Gasteiger partial charge in [-0.15, -0.1) is 0 Å². The van der Waals surface area contributed by atoms with Gasteiger partial charge in [-0.25, -0.2) is 4.39 Å². The van der Waals surface area contributed by atoms with Crippen molar-refractivity contribution in [3.63, 3.8) is 0 Å². The predicted molar refractivity (Wildman–Crippen MR) is 92.2 cm³/mol. The van der Waals surface area contributed by atoms with Crippen LogP contribution >= 0.6 is 0 Å². The summed E-state index contributed by atoms with van der Waals surface area (Å²) in [6.45, 7) is 2.62. The van der Waals surface area contributed by atoms with E-state index in [9.17, 15) is 14.0 Å². The fraction of sp³-hybridized carbons (Fsp3) is 0.263. The lowest BCUT2D eigenvalue weighted by Crippen LogP contribution is -2.37. The van der Waals surface area contributed by atoms with Gasteiger partial charge in [-0.05, 0) is 37.3 Å². The highest BCUT2D eigenvalue weighted by molar-refractivity contribution is 6.00. The zero-order chi connectivity index (χ0) is 17.8. The number of rotatable bonds is 5. The maximum atomic E-state index is 13.4. The molecular weight excluding hydrogens is 323 g/mol. The second kappa shape index (κ2) is 7.34. The van der Waals surface area contributed by atoms with Gasteiger partial charge in [-0.1, -0.05) is 18.2 Å². The Morgan fingerprint density at radius 2 is 2.08 bits per heavy atom. The Labute approximate surface area is 145 Å². The quantitative estimate of drug-likeness (QED) is 0.909. The zero-order valence-corrected chi connectivity index (χ0v) is 13.9. The fourth-order valence-electron chi connectivity index (χ4n) is 2.90. The van der Waals surface area contributed by atoms with Crippen LogP contribution in [0.3, 0.4) is 0 Å². The van der Waals surface area contributed by atoms with Crippen molar-refractivity contribution >= 4 is 17.5 Å². The highest BCUT2D eigenvalue weighted by atomic mass is 19.1. The Kier molecular flexibility index (Phi) is 4.97. The van der Waals surface area contributed by atoms with Crippen molar-refractivity contribution in [1.82, 2.24) is 5.32 Å². The molecule has 0 aliphatic carbocycles. The van der Waals surface area contributed by atoms with Crippen molar-refractivity contribution in [3.05, 3.63) is 59.9 Å². The first-order valence-corrected chi connectivity index (χ1v) is 8.17. The molecule has 3 rings (SSSR count). The van der Waals surface area contributed by atoms with Crippen molar-refractivity contribution in [2.45, 2.75) is 19.4 Å². The molecule has 1 aliphatic heterocycles. The summed E-state index contributed by atoms with van der Waals surface area (Å²) in [6, 6.07) is 12.5. The van der Waals surface area contributed by atoms with Gasteiger partial charge in [0.1, 0.15) is 11.6 Å². The van der Waals surface area contributed by atoms with E-state index in [2.05, 4.69) is 5.32 Å². The van der Waals surface area contributed by atoms with Crippen LogP contribution in [0.1, 0.15) is 23.7 Å². The molecule has 6 heteroatoms. The summed E-state index contributed by atoms with van der Waals surface area (Å²) in [5.41, 5.74) is 0.928. The molecule has 0 spiro atoms. The number of halogens is 1. The number of hydrogen-bond acceptors (Lipinski definition) is 3. The number of nitrogens with one attached hydrogen (secondary N) is 1. The second-order valence-corrected chi connectivity index (χ2v) is 5.79. The summed E-state index contributed by atoms with van der Waals surface area (Å²) in [5, 5.41) is 2.86. The molecule has 25 heavy (non-hydrogen) atoms. The lowest BCUT2D eigenvalue weighted by molar-refractivity contribution is -0.117.